The average molecular weight is 289 g/mol. The Balaban J connectivity index is 1.85. The SMILES string of the molecule is O=C(O)c1ccc(N[S+]([O-])CCc2ccccc2)cc1. The van der Waals surface area contributed by atoms with Crippen LogP contribution in [0, 0.1) is 0 Å². The summed E-state index contributed by atoms with van der Waals surface area (Å²) in [5.41, 5.74) is 2.01. The van der Waals surface area contributed by atoms with Gasteiger partial charge in [0, 0.05) is 6.42 Å². The third-order valence-corrected chi connectivity index (χ3v) is 3.82. The van der Waals surface area contributed by atoms with Crippen molar-refractivity contribution in [2.45, 2.75) is 6.42 Å². The Labute approximate surface area is 120 Å². The van der Waals surface area contributed by atoms with E-state index < -0.39 is 17.3 Å². The molecule has 2 rings (SSSR count). The van der Waals surface area contributed by atoms with E-state index in [0.29, 0.717) is 11.4 Å². The molecule has 0 saturated heterocycles. The molecule has 0 aliphatic rings. The summed E-state index contributed by atoms with van der Waals surface area (Å²) in [4.78, 5) is 10.7. The van der Waals surface area contributed by atoms with Crippen LogP contribution in [0.1, 0.15) is 15.9 Å². The van der Waals surface area contributed by atoms with Gasteiger partial charge in [0.05, 0.1) is 22.6 Å². The molecule has 0 heterocycles. The van der Waals surface area contributed by atoms with Crippen molar-refractivity contribution in [1.29, 1.82) is 0 Å². The summed E-state index contributed by atoms with van der Waals surface area (Å²) in [7, 11) is 0. The quantitative estimate of drug-likeness (QED) is 0.802. The first-order chi connectivity index (χ1) is 9.65. The molecule has 0 amide bonds. The molecule has 0 aliphatic heterocycles. The monoisotopic (exact) mass is 289 g/mol. The summed E-state index contributed by atoms with van der Waals surface area (Å²) in [5.74, 6) is -0.466. The third-order valence-electron chi connectivity index (χ3n) is 2.78. The molecule has 0 radical (unpaired) electrons. The molecule has 1 atom stereocenters. The molecule has 4 nitrogen and oxygen atoms in total. The molecule has 0 bridgehead atoms. The normalized spacial score (nSPS) is 11.8. The number of benzene rings is 2. The van der Waals surface area contributed by atoms with Crippen molar-refractivity contribution in [3.05, 3.63) is 65.7 Å². The Morgan fingerprint density at radius 3 is 2.35 bits per heavy atom. The van der Waals surface area contributed by atoms with Crippen molar-refractivity contribution in [3.8, 4) is 0 Å². The summed E-state index contributed by atoms with van der Waals surface area (Å²) >= 11 is -1.19. The van der Waals surface area contributed by atoms with E-state index >= 15 is 0 Å². The van der Waals surface area contributed by atoms with Crippen LogP contribution in [0.25, 0.3) is 0 Å². The highest BCUT2D eigenvalue weighted by Crippen LogP contribution is 2.12. The maximum Gasteiger partial charge on any atom is 0.335 e. The Hall–Kier alpha value is -1.98. The summed E-state index contributed by atoms with van der Waals surface area (Å²) in [6.07, 6.45) is 0.730. The zero-order chi connectivity index (χ0) is 14.4. The summed E-state index contributed by atoms with van der Waals surface area (Å²) < 4.78 is 14.7. The number of aryl methyl sites for hydroxylation is 1. The highest BCUT2D eigenvalue weighted by molar-refractivity contribution is 7.92. The minimum Gasteiger partial charge on any atom is -0.593 e. The van der Waals surface area contributed by atoms with Crippen molar-refractivity contribution >= 4 is 23.0 Å². The second-order valence-electron chi connectivity index (χ2n) is 4.27. The second-order valence-corrected chi connectivity index (χ2v) is 5.57. The van der Waals surface area contributed by atoms with E-state index in [1.165, 1.54) is 12.1 Å². The Morgan fingerprint density at radius 2 is 1.75 bits per heavy atom. The third kappa shape index (κ3) is 4.29. The highest BCUT2D eigenvalue weighted by Gasteiger charge is 2.08. The smallest absolute Gasteiger partial charge is 0.335 e. The lowest BCUT2D eigenvalue weighted by Crippen LogP contribution is -2.18. The first-order valence-electron chi connectivity index (χ1n) is 6.17. The van der Waals surface area contributed by atoms with E-state index in [1.54, 1.807) is 12.1 Å². The zero-order valence-corrected chi connectivity index (χ0v) is 11.6. The van der Waals surface area contributed by atoms with Crippen molar-refractivity contribution in [2.75, 3.05) is 10.5 Å². The maximum absolute atomic E-state index is 11.9. The van der Waals surface area contributed by atoms with Crippen molar-refractivity contribution in [3.63, 3.8) is 0 Å². The van der Waals surface area contributed by atoms with Gasteiger partial charge in [0.25, 0.3) is 0 Å². The molecule has 1 unspecified atom stereocenters. The van der Waals surface area contributed by atoms with E-state index in [2.05, 4.69) is 4.72 Å². The second kappa shape index (κ2) is 6.98. The number of rotatable bonds is 6. The van der Waals surface area contributed by atoms with Gasteiger partial charge in [0.15, 0.2) is 0 Å². The predicted molar refractivity (Wildman–Crippen MR) is 80.2 cm³/mol. The van der Waals surface area contributed by atoms with Crippen LogP contribution in [0.5, 0.6) is 0 Å². The number of hydrogen-bond acceptors (Lipinski definition) is 3. The number of anilines is 1. The van der Waals surface area contributed by atoms with Crippen LogP contribution >= 0.6 is 0 Å². The Morgan fingerprint density at radius 1 is 1.10 bits per heavy atom. The van der Waals surface area contributed by atoms with Gasteiger partial charge in [-0.2, -0.15) is 0 Å². The summed E-state index contributed by atoms with van der Waals surface area (Å²) in [5, 5.41) is 8.79. The molecule has 0 fully saturated rings. The minimum absolute atomic E-state index is 0.214. The van der Waals surface area contributed by atoms with Gasteiger partial charge in [-0.3, -0.25) is 0 Å². The number of carbonyl (C=O) groups is 1. The first kappa shape index (κ1) is 14.4. The van der Waals surface area contributed by atoms with Gasteiger partial charge >= 0.3 is 5.97 Å². The molecule has 0 saturated carbocycles. The fraction of sp³-hybridized carbons (Fsp3) is 0.133. The number of carboxylic acids is 1. The molecule has 0 aliphatic carbocycles. The van der Waals surface area contributed by atoms with Crippen molar-refractivity contribution < 1.29 is 14.5 Å². The van der Waals surface area contributed by atoms with Gasteiger partial charge in [-0.1, -0.05) is 30.3 Å². The summed E-state index contributed by atoms with van der Waals surface area (Å²) in [6.45, 7) is 0. The molecule has 0 spiro atoms. The number of nitrogens with one attached hydrogen (secondary N) is 1. The van der Waals surface area contributed by atoms with Crippen LogP contribution in [0.2, 0.25) is 0 Å². The molecule has 2 aromatic carbocycles. The topological polar surface area (TPSA) is 72.4 Å². The average Bonchev–Trinajstić information content (AvgIpc) is 2.47. The Kier molecular flexibility index (Phi) is 5.03. The molecule has 20 heavy (non-hydrogen) atoms. The van der Waals surface area contributed by atoms with E-state index in [9.17, 15) is 9.35 Å². The van der Waals surface area contributed by atoms with Crippen LogP contribution in [-0.4, -0.2) is 21.4 Å². The van der Waals surface area contributed by atoms with Crippen LogP contribution in [0.15, 0.2) is 54.6 Å². The lowest BCUT2D eigenvalue weighted by molar-refractivity contribution is 0.0697. The molecule has 2 N–H and O–H groups in total. The van der Waals surface area contributed by atoms with Gasteiger partial charge in [-0.05, 0) is 29.8 Å². The van der Waals surface area contributed by atoms with Crippen LogP contribution in [0.4, 0.5) is 5.69 Å². The number of aromatic carboxylic acids is 1. The number of carboxylic acid groups (broad SMARTS) is 1. The first-order valence-corrected chi connectivity index (χ1v) is 7.49. The maximum atomic E-state index is 11.9. The van der Waals surface area contributed by atoms with Gasteiger partial charge in [0.2, 0.25) is 0 Å². The summed E-state index contributed by atoms with van der Waals surface area (Å²) in [6, 6.07) is 16.1. The highest BCUT2D eigenvalue weighted by atomic mass is 32.2. The predicted octanol–water partition coefficient (Wildman–Crippen LogP) is 2.70. The lowest BCUT2D eigenvalue weighted by atomic mass is 10.2. The number of hydrogen-bond donors (Lipinski definition) is 2. The van der Waals surface area contributed by atoms with Gasteiger partial charge in [-0.15, -0.1) is 0 Å². The van der Waals surface area contributed by atoms with E-state index in [-0.39, 0.29) is 5.56 Å². The molecular weight excluding hydrogens is 274 g/mol. The van der Waals surface area contributed by atoms with Crippen LogP contribution in [-0.2, 0) is 17.8 Å². The molecular formula is C15H15NO3S. The standard InChI is InChI=1S/C15H15NO3S/c17-15(18)13-6-8-14(9-7-13)16-20(19)11-10-12-4-2-1-3-5-12/h1-9,16H,10-11H2,(H,17,18). The van der Waals surface area contributed by atoms with E-state index in [0.717, 1.165) is 12.0 Å². The van der Waals surface area contributed by atoms with E-state index in [4.69, 9.17) is 5.11 Å². The molecule has 0 aromatic heterocycles. The lowest BCUT2D eigenvalue weighted by Gasteiger charge is -2.12. The largest absolute Gasteiger partial charge is 0.593 e. The minimum atomic E-state index is -1.19. The van der Waals surface area contributed by atoms with Gasteiger partial charge in [-0.25, -0.2) is 9.52 Å². The molecule has 104 valence electrons. The van der Waals surface area contributed by atoms with Gasteiger partial charge < -0.3 is 9.66 Å². The fourth-order valence-corrected chi connectivity index (χ4v) is 2.64. The van der Waals surface area contributed by atoms with Crippen molar-refractivity contribution in [2.24, 2.45) is 0 Å². The van der Waals surface area contributed by atoms with Gasteiger partial charge in [0.1, 0.15) is 5.75 Å². The fourth-order valence-electron chi connectivity index (χ4n) is 1.72. The Bertz CT molecular complexity index is 557. The van der Waals surface area contributed by atoms with Crippen LogP contribution < -0.4 is 4.72 Å². The zero-order valence-electron chi connectivity index (χ0n) is 10.8. The van der Waals surface area contributed by atoms with E-state index in [1.807, 2.05) is 30.3 Å². The van der Waals surface area contributed by atoms with Crippen molar-refractivity contribution in [1.82, 2.24) is 0 Å². The molecule has 5 heteroatoms. The molecule has 2 aromatic rings. The van der Waals surface area contributed by atoms with Crippen LogP contribution in [0.3, 0.4) is 0 Å².